The van der Waals surface area contributed by atoms with Gasteiger partial charge < -0.3 is 4.90 Å². The molecule has 1 saturated heterocycles. The maximum atomic E-state index is 11.5. The summed E-state index contributed by atoms with van der Waals surface area (Å²) in [5, 5.41) is 2.56. The highest BCUT2D eigenvalue weighted by Crippen LogP contribution is 2.23. The number of fused-ring (bicyclic) bond motifs is 1. The summed E-state index contributed by atoms with van der Waals surface area (Å²) in [6.45, 7) is 0.850. The second-order valence-corrected chi connectivity index (χ2v) is 5.82. The van der Waals surface area contributed by atoms with Crippen LogP contribution in [0.5, 0.6) is 0 Å². The Hall–Kier alpha value is -2.61. The van der Waals surface area contributed by atoms with Crippen LogP contribution in [0.3, 0.4) is 0 Å². The molecule has 1 amide bonds. The van der Waals surface area contributed by atoms with Crippen molar-refractivity contribution in [2.24, 2.45) is 0 Å². The maximum Gasteiger partial charge on any atom is 0.228 e. The van der Waals surface area contributed by atoms with E-state index >= 15 is 0 Å². The summed E-state index contributed by atoms with van der Waals surface area (Å²) < 4.78 is 0. The van der Waals surface area contributed by atoms with E-state index < -0.39 is 0 Å². The fourth-order valence-electron chi connectivity index (χ4n) is 2.97. The molecular formula is C20H17NO. The fraction of sp³-hybridized carbons (Fsp3) is 0.150. The zero-order valence-electron chi connectivity index (χ0n) is 12.3. The van der Waals surface area contributed by atoms with E-state index in [0.29, 0.717) is 6.42 Å². The van der Waals surface area contributed by atoms with Crippen LogP contribution >= 0.6 is 0 Å². The molecule has 2 heteroatoms. The molecule has 0 radical (unpaired) electrons. The van der Waals surface area contributed by atoms with Crippen molar-refractivity contribution in [1.29, 1.82) is 0 Å². The second-order valence-electron chi connectivity index (χ2n) is 5.82. The van der Waals surface area contributed by atoms with Gasteiger partial charge in [0.2, 0.25) is 5.91 Å². The van der Waals surface area contributed by atoms with Crippen molar-refractivity contribution in [3.63, 3.8) is 0 Å². The van der Waals surface area contributed by atoms with E-state index in [1.807, 2.05) is 17.0 Å². The van der Waals surface area contributed by atoms with E-state index in [-0.39, 0.29) is 5.91 Å². The first kappa shape index (κ1) is 13.1. The molecule has 0 atom stereocenters. The lowest BCUT2D eigenvalue weighted by Gasteiger charge is -2.30. The number of anilines is 1. The van der Waals surface area contributed by atoms with Gasteiger partial charge in [0.15, 0.2) is 0 Å². The van der Waals surface area contributed by atoms with E-state index in [2.05, 4.69) is 54.6 Å². The molecule has 0 aromatic heterocycles. The van der Waals surface area contributed by atoms with Crippen LogP contribution < -0.4 is 4.90 Å². The van der Waals surface area contributed by atoms with Crippen LogP contribution in [0.15, 0.2) is 66.7 Å². The summed E-state index contributed by atoms with van der Waals surface area (Å²) in [6.07, 6.45) is 1.60. The van der Waals surface area contributed by atoms with Gasteiger partial charge in [-0.25, -0.2) is 0 Å². The standard InChI is InChI=1S/C20H17NO/c22-20-11-12-21(20)19-9-6-15(7-10-19)13-16-5-8-17-3-1-2-4-18(17)14-16/h1-10,14H,11-13H2. The average molecular weight is 287 g/mol. The topological polar surface area (TPSA) is 20.3 Å². The molecule has 2 nitrogen and oxygen atoms in total. The summed E-state index contributed by atoms with van der Waals surface area (Å²) in [7, 11) is 0. The summed E-state index contributed by atoms with van der Waals surface area (Å²) >= 11 is 0. The molecule has 108 valence electrons. The molecule has 1 aliphatic rings. The molecule has 1 heterocycles. The largest absolute Gasteiger partial charge is 0.312 e. The third kappa shape index (κ3) is 2.37. The number of hydrogen-bond donors (Lipinski definition) is 0. The third-order valence-electron chi connectivity index (χ3n) is 4.32. The van der Waals surface area contributed by atoms with E-state index in [0.717, 1.165) is 18.7 Å². The van der Waals surface area contributed by atoms with Crippen LogP contribution in [0.1, 0.15) is 17.5 Å². The van der Waals surface area contributed by atoms with Gasteiger partial charge in [-0.3, -0.25) is 4.79 Å². The second kappa shape index (κ2) is 5.30. The first-order valence-electron chi connectivity index (χ1n) is 7.66. The molecule has 1 aliphatic heterocycles. The highest BCUT2D eigenvalue weighted by molar-refractivity contribution is 5.99. The van der Waals surface area contributed by atoms with Gasteiger partial charge in [-0.05, 0) is 40.5 Å². The van der Waals surface area contributed by atoms with Crippen LogP contribution in [-0.2, 0) is 11.2 Å². The first-order chi connectivity index (χ1) is 10.8. The van der Waals surface area contributed by atoms with Crippen molar-refractivity contribution in [3.8, 4) is 0 Å². The van der Waals surface area contributed by atoms with Crippen molar-refractivity contribution in [3.05, 3.63) is 77.9 Å². The predicted molar refractivity (Wildman–Crippen MR) is 90.2 cm³/mol. The number of carbonyl (C=O) groups excluding carboxylic acids is 1. The van der Waals surface area contributed by atoms with E-state index in [9.17, 15) is 4.79 Å². The number of nitrogens with zero attached hydrogens (tertiary/aromatic N) is 1. The molecule has 4 rings (SSSR count). The van der Waals surface area contributed by atoms with Crippen molar-refractivity contribution in [2.45, 2.75) is 12.8 Å². The van der Waals surface area contributed by atoms with E-state index in [4.69, 9.17) is 0 Å². The van der Waals surface area contributed by atoms with Crippen molar-refractivity contribution >= 4 is 22.4 Å². The lowest BCUT2D eigenvalue weighted by Crippen LogP contribution is -2.43. The Bertz CT molecular complexity index is 836. The van der Waals surface area contributed by atoms with Gasteiger partial charge in [0, 0.05) is 18.7 Å². The normalized spacial score (nSPS) is 14.2. The molecule has 3 aromatic rings. The molecule has 0 saturated carbocycles. The molecule has 3 aromatic carbocycles. The Morgan fingerprint density at radius 1 is 0.818 bits per heavy atom. The first-order valence-corrected chi connectivity index (χ1v) is 7.66. The third-order valence-corrected chi connectivity index (χ3v) is 4.32. The summed E-state index contributed by atoms with van der Waals surface area (Å²) in [5.41, 5.74) is 3.59. The molecule has 0 N–H and O–H groups in total. The number of amides is 1. The van der Waals surface area contributed by atoms with Crippen LogP contribution in [0.25, 0.3) is 10.8 Å². The maximum absolute atomic E-state index is 11.5. The molecular weight excluding hydrogens is 270 g/mol. The lowest BCUT2D eigenvalue weighted by atomic mass is 10.0. The van der Waals surface area contributed by atoms with Crippen LogP contribution in [0, 0.1) is 0 Å². The highest BCUT2D eigenvalue weighted by atomic mass is 16.2. The minimum absolute atomic E-state index is 0.224. The van der Waals surface area contributed by atoms with Crippen molar-refractivity contribution < 1.29 is 4.79 Å². The molecule has 22 heavy (non-hydrogen) atoms. The SMILES string of the molecule is O=C1CCN1c1ccc(Cc2ccc3ccccc3c2)cc1. The van der Waals surface area contributed by atoms with E-state index in [1.165, 1.54) is 21.9 Å². The predicted octanol–water partition coefficient (Wildman–Crippen LogP) is 4.17. The molecule has 0 bridgehead atoms. The minimum atomic E-state index is 0.224. The summed E-state index contributed by atoms with van der Waals surface area (Å²) in [5.74, 6) is 0.224. The number of hydrogen-bond acceptors (Lipinski definition) is 1. The Balaban J connectivity index is 1.55. The average Bonchev–Trinajstić information content (AvgIpc) is 2.55. The minimum Gasteiger partial charge on any atom is -0.312 e. The van der Waals surface area contributed by atoms with Crippen LogP contribution in [-0.4, -0.2) is 12.5 Å². The zero-order chi connectivity index (χ0) is 14.9. The Labute approximate surface area is 130 Å². The molecule has 0 aliphatic carbocycles. The van der Waals surface area contributed by atoms with Gasteiger partial charge in [0.1, 0.15) is 0 Å². The van der Waals surface area contributed by atoms with Gasteiger partial charge in [0.05, 0.1) is 0 Å². The molecule has 0 unspecified atom stereocenters. The zero-order valence-corrected chi connectivity index (χ0v) is 12.3. The quantitative estimate of drug-likeness (QED) is 0.662. The number of rotatable bonds is 3. The molecule has 0 spiro atoms. The Kier molecular flexibility index (Phi) is 3.15. The Morgan fingerprint density at radius 3 is 2.23 bits per heavy atom. The molecule has 1 fully saturated rings. The van der Waals surface area contributed by atoms with Gasteiger partial charge in [-0.2, -0.15) is 0 Å². The number of benzene rings is 3. The lowest BCUT2D eigenvalue weighted by molar-refractivity contribution is -0.122. The smallest absolute Gasteiger partial charge is 0.228 e. The number of β-lactam (4-membered cyclic amide) rings is 1. The van der Waals surface area contributed by atoms with Crippen LogP contribution in [0.2, 0.25) is 0 Å². The monoisotopic (exact) mass is 287 g/mol. The Morgan fingerprint density at radius 2 is 1.55 bits per heavy atom. The highest BCUT2D eigenvalue weighted by Gasteiger charge is 2.24. The van der Waals surface area contributed by atoms with E-state index in [1.54, 1.807) is 0 Å². The van der Waals surface area contributed by atoms with Crippen LogP contribution in [0.4, 0.5) is 5.69 Å². The number of carbonyl (C=O) groups is 1. The fourth-order valence-corrected chi connectivity index (χ4v) is 2.97. The van der Waals surface area contributed by atoms with Gasteiger partial charge in [-0.1, -0.05) is 54.6 Å². The summed E-state index contributed by atoms with van der Waals surface area (Å²) in [6, 6.07) is 23.4. The van der Waals surface area contributed by atoms with Crippen molar-refractivity contribution in [1.82, 2.24) is 0 Å². The van der Waals surface area contributed by atoms with Gasteiger partial charge in [0.25, 0.3) is 0 Å². The van der Waals surface area contributed by atoms with Gasteiger partial charge in [-0.15, -0.1) is 0 Å². The summed E-state index contributed by atoms with van der Waals surface area (Å²) in [4.78, 5) is 13.3. The van der Waals surface area contributed by atoms with Crippen molar-refractivity contribution in [2.75, 3.05) is 11.4 Å². The van der Waals surface area contributed by atoms with Gasteiger partial charge >= 0.3 is 0 Å².